The van der Waals surface area contributed by atoms with Crippen LogP contribution in [0.1, 0.15) is 32.1 Å². The molecular formula is C14H15F5O7S2. The number of hydrogen-bond donors (Lipinski definition) is 0. The number of alkyl halides is 5. The summed E-state index contributed by atoms with van der Waals surface area (Å²) in [6, 6.07) is 0. The molecule has 2 atom stereocenters. The van der Waals surface area contributed by atoms with Gasteiger partial charge >= 0.3 is 16.7 Å². The van der Waals surface area contributed by atoms with Crippen molar-refractivity contribution in [1.82, 2.24) is 0 Å². The highest BCUT2D eigenvalue weighted by molar-refractivity contribution is 8.09. The lowest BCUT2D eigenvalue weighted by Crippen LogP contribution is -2.58. The van der Waals surface area contributed by atoms with Gasteiger partial charge in [-0.2, -0.15) is 22.0 Å². The van der Waals surface area contributed by atoms with Gasteiger partial charge in [0, 0.05) is 11.8 Å². The Kier molecular flexibility index (Phi) is 4.66. The first-order valence-electron chi connectivity index (χ1n) is 8.16. The Hall–Kier alpha value is -1.31. The molecule has 0 aliphatic heterocycles. The van der Waals surface area contributed by atoms with Crippen molar-refractivity contribution in [2.45, 2.75) is 48.5 Å². The number of hydrogen-bond acceptors (Lipinski definition) is 7. The van der Waals surface area contributed by atoms with Gasteiger partial charge in [0.05, 0.1) is 0 Å². The normalized spacial score (nSPS) is 33.2. The zero-order valence-electron chi connectivity index (χ0n) is 14.0. The summed E-state index contributed by atoms with van der Waals surface area (Å²) in [5.74, 6) is -3.78. The minimum Gasteiger partial charge on any atom is -0.454 e. The maximum absolute atomic E-state index is 14.1. The lowest BCUT2D eigenvalue weighted by Gasteiger charge is -2.54. The lowest BCUT2D eigenvalue weighted by atomic mass is 9.53. The van der Waals surface area contributed by atoms with E-state index in [1.165, 1.54) is 0 Å². The van der Waals surface area contributed by atoms with Gasteiger partial charge in [-0.3, -0.25) is 4.79 Å². The lowest BCUT2D eigenvalue weighted by molar-refractivity contribution is -0.201. The Morgan fingerprint density at radius 3 is 1.93 bits per heavy atom. The highest BCUT2D eigenvalue weighted by Gasteiger charge is 2.63. The van der Waals surface area contributed by atoms with E-state index in [9.17, 15) is 48.4 Å². The fourth-order valence-electron chi connectivity index (χ4n) is 4.53. The summed E-state index contributed by atoms with van der Waals surface area (Å²) in [6.07, 6.45) is 1.01. The number of esters is 1. The number of sulfone groups is 2. The van der Waals surface area contributed by atoms with E-state index in [2.05, 4.69) is 0 Å². The fraction of sp³-hybridized carbons (Fsp3) is 0.857. The molecule has 4 saturated carbocycles. The summed E-state index contributed by atoms with van der Waals surface area (Å²) in [5.41, 5.74) is -7.58. The van der Waals surface area contributed by atoms with Crippen LogP contribution < -0.4 is 0 Å². The first kappa shape index (κ1) is 21.4. The first-order valence-corrected chi connectivity index (χ1v) is 11.5. The van der Waals surface area contributed by atoms with Gasteiger partial charge in [0.2, 0.25) is 9.84 Å². The molecular weight excluding hydrogens is 439 g/mol. The van der Waals surface area contributed by atoms with Crippen LogP contribution in [0.4, 0.5) is 22.0 Å². The van der Waals surface area contributed by atoms with Crippen molar-refractivity contribution in [3.05, 3.63) is 0 Å². The van der Waals surface area contributed by atoms with E-state index in [1.807, 2.05) is 0 Å². The summed E-state index contributed by atoms with van der Waals surface area (Å²) in [7, 11) is -12.8. The van der Waals surface area contributed by atoms with Crippen LogP contribution >= 0.6 is 0 Å². The van der Waals surface area contributed by atoms with Gasteiger partial charge in [0.1, 0.15) is 11.4 Å². The van der Waals surface area contributed by atoms with Crippen molar-refractivity contribution in [2.75, 3.05) is 5.08 Å². The Morgan fingerprint density at radius 2 is 1.46 bits per heavy atom. The molecule has 0 heterocycles. The molecule has 0 amide bonds. The van der Waals surface area contributed by atoms with Crippen LogP contribution in [0.2, 0.25) is 0 Å². The second kappa shape index (κ2) is 6.09. The standard InChI is InChI=1S/C14H15F5O7S2/c15-13(16,27(22,23)6-28(24,25)14(17,18)19)11(21)26-12-3-7-1-8(4-12)10(20)9(2-7)5-12/h7-9H,1-6H2. The van der Waals surface area contributed by atoms with E-state index in [1.54, 1.807) is 0 Å². The van der Waals surface area contributed by atoms with E-state index >= 15 is 0 Å². The summed E-state index contributed by atoms with van der Waals surface area (Å²) in [5, 5.41) is -8.47. The molecule has 0 saturated heterocycles. The zero-order chi connectivity index (χ0) is 21.3. The third-order valence-electron chi connectivity index (χ3n) is 5.54. The van der Waals surface area contributed by atoms with E-state index in [-0.39, 0.29) is 31.0 Å². The zero-order valence-corrected chi connectivity index (χ0v) is 15.7. The fourth-order valence-corrected chi connectivity index (χ4v) is 7.58. The monoisotopic (exact) mass is 454 g/mol. The van der Waals surface area contributed by atoms with E-state index < -0.39 is 58.9 Å². The molecule has 4 aliphatic carbocycles. The van der Waals surface area contributed by atoms with Crippen LogP contribution in [-0.2, 0) is 34.0 Å². The number of ether oxygens (including phenoxy) is 1. The average molecular weight is 454 g/mol. The van der Waals surface area contributed by atoms with Gasteiger partial charge in [-0.15, -0.1) is 0 Å². The summed E-state index contributed by atoms with van der Waals surface area (Å²) in [6.45, 7) is 0. The molecule has 0 aromatic heterocycles. The number of carbonyl (C=O) groups excluding carboxylic acids is 2. The first-order chi connectivity index (χ1) is 12.5. The Morgan fingerprint density at radius 1 is 0.964 bits per heavy atom. The van der Waals surface area contributed by atoms with Gasteiger partial charge in [-0.1, -0.05) is 0 Å². The number of rotatable bonds is 5. The molecule has 0 aromatic carbocycles. The Labute approximate surface area is 156 Å². The molecule has 160 valence electrons. The topological polar surface area (TPSA) is 112 Å². The van der Waals surface area contributed by atoms with Crippen molar-refractivity contribution < 1.29 is 53.1 Å². The molecule has 4 bridgehead atoms. The molecule has 14 heteroatoms. The Bertz CT molecular complexity index is 904. The smallest absolute Gasteiger partial charge is 0.454 e. The highest BCUT2D eigenvalue weighted by atomic mass is 32.3. The maximum Gasteiger partial charge on any atom is 0.498 e. The van der Waals surface area contributed by atoms with Crippen LogP contribution in [0.15, 0.2) is 0 Å². The van der Waals surface area contributed by atoms with Crippen LogP contribution in [0.25, 0.3) is 0 Å². The van der Waals surface area contributed by atoms with Gasteiger partial charge < -0.3 is 4.74 Å². The van der Waals surface area contributed by atoms with Gasteiger partial charge in [-0.05, 0) is 38.0 Å². The summed E-state index contributed by atoms with van der Waals surface area (Å²) in [4.78, 5) is 24.0. The van der Waals surface area contributed by atoms with Crippen LogP contribution in [0.3, 0.4) is 0 Å². The third-order valence-corrected chi connectivity index (χ3v) is 9.67. The second-order valence-corrected chi connectivity index (χ2v) is 12.0. The molecule has 7 nitrogen and oxygen atoms in total. The molecule has 0 spiro atoms. The van der Waals surface area contributed by atoms with Gasteiger partial charge in [0.25, 0.3) is 9.84 Å². The van der Waals surface area contributed by atoms with E-state index in [0.717, 1.165) is 0 Å². The second-order valence-electron chi connectivity index (χ2n) is 7.63. The Balaban J connectivity index is 1.81. The van der Waals surface area contributed by atoms with Crippen LogP contribution in [-0.4, -0.2) is 50.0 Å². The van der Waals surface area contributed by atoms with Crippen LogP contribution in [0.5, 0.6) is 0 Å². The number of ketones is 1. The number of halogens is 5. The number of Topliss-reactive ketones (excluding diaryl/α,β-unsaturated/α-hetero) is 1. The van der Waals surface area contributed by atoms with Gasteiger partial charge in [-0.25, -0.2) is 21.6 Å². The van der Waals surface area contributed by atoms with Crippen molar-refractivity contribution in [2.24, 2.45) is 17.8 Å². The van der Waals surface area contributed by atoms with Crippen LogP contribution in [0, 0.1) is 17.8 Å². The quantitative estimate of drug-likeness (QED) is 0.458. The average Bonchev–Trinajstić information content (AvgIpc) is 2.48. The predicted molar refractivity (Wildman–Crippen MR) is 81.1 cm³/mol. The maximum atomic E-state index is 14.1. The third kappa shape index (κ3) is 3.31. The minimum atomic E-state index is -6.45. The molecule has 0 radical (unpaired) electrons. The number of carbonyl (C=O) groups is 2. The summed E-state index contributed by atoms with van der Waals surface area (Å²) < 4.78 is 115. The SMILES string of the molecule is O=C1C2CC3CC1CC(OC(=O)C(F)(F)S(=O)(=O)CS(=O)(=O)C(F)(F)F)(C3)C2. The van der Waals surface area contributed by atoms with Crippen molar-refractivity contribution >= 4 is 31.4 Å². The van der Waals surface area contributed by atoms with E-state index in [0.29, 0.717) is 12.8 Å². The molecule has 0 aromatic rings. The summed E-state index contributed by atoms with van der Waals surface area (Å²) >= 11 is 0. The highest BCUT2D eigenvalue weighted by Crippen LogP contribution is 2.56. The van der Waals surface area contributed by atoms with E-state index in [4.69, 9.17) is 4.74 Å². The van der Waals surface area contributed by atoms with Crippen molar-refractivity contribution in [3.63, 3.8) is 0 Å². The van der Waals surface area contributed by atoms with Gasteiger partial charge in [0.15, 0.2) is 5.08 Å². The molecule has 2 unspecified atom stereocenters. The minimum absolute atomic E-state index is 0.0679. The molecule has 4 aliphatic rings. The molecule has 0 N–H and O–H groups in total. The largest absolute Gasteiger partial charge is 0.498 e. The molecule has 4 fully saturated rings. The van der Waals surface area contributed by atoms with Crippen molar-refractivity contribution in [3.8, 4) is 0 Å². The predicted octanol–water partition coefficient (Wildman–Crippen LogP) is 1.58. The molecule has 28 heavy (non-hydrogen) atoms. The van der Waals surface area contributed by atoms with Crippen molar-refractivity contribution in [1.29, 1.82) is 0 Å². The molecule has 4 rings (SSSR count).